The van der Waals surface area contributed by atoms with Crippen LogP contribution in [0.3, 0.4) is 0 Å². The number of ether oxygens (including phenoxy) is 1. The largest absolute Gasteiger partial charge is 0.495 e. The van der Waals surface area contributed by atoms with Crippen LogP contribution >= 0.6 is 34.8 Å². The van der Waals surface area contributed by atoms with Crippen LogP contribution < -0.4 is 15.4 Å². The quantitative estimate of drug-likeness (QED) is 0.579. The molecule has 2 atom stereocenters. The molecular formula is C21H24Cl3N3O3. The van der Waals surface area contributed by atoms with E-state index >= 15 is 0 Å². The van der Waals surface area contributed by atoms with Gasteiger partial charge < -0.3 is 15.4 Å². The number of halogens is 3. The number of hydrogen-bond donors (Lipinski definition) is 2. The van der Waals surface area contributed by atoms with Gasteiger partial charge in [0.2, 0.25) is 11.8 Å². The first-order valence-corrected chi connectivity index (χ1v) is 10.3. The summed E-state index contributed by atoms with van der Waals surface area (Å²) < 4.78 is 5.22. The lowest BCUT2D eigenvalue weighted by Gasteiger charge is -2.25. The molecule has 2 aromatic rings. The van der Waals surface area contributed by atoms with Gasteiger partial charge in [0, 0.05) is 15.1 Å². The first-order chi connectivity index (χ1) is 14.1. The predicted octanol–water partition coefficient (Wildman–Crippen LogP) is 4.79. The molecule has 2 aromatic carbocycles. The Bertz CT molecular complexity index is 924. The van der Waals surface area contributed by atoms with E-state index in [0.717, 1.165) is 5.56 Å². The zero-order valence-electron chi connectivity index (χ0n) is 17.1. The molecule has 0 radical (unpaired) electrons. The molecule has 2 unspecified atom stereocenters. The number of nitrogens with zero attached hydrogens (tertiary/aromatic N) is 1. The van der Waals surface area contributed by atoms with E-state index in [1.54, 1.807) is 55.3 Å². The van der Waals surface area contributed by atoms with Crippen LogP contribution in [-0.4, -0.2) is 43.5 Å². The number of likely N-dealkylation sites (N-methyl/N-ethyl adjacent to an activating group) is 1. The molecule has 0 bridgehead atoms. The number of rotatable bonds is 8. The molecule has 0 aromatic heterocycles. The smallest absolute Gasteiger partial charge is 0.238 e. The van der Waals surface area contributed by atoms with Crippen molar-refractivity contribution in [2.45, 2.75) is 25.9 Å². The molecule has 2 N–H and O–H groups in total. The molecule has 2 rings (SSSR count). The molecule has 30 heavy (non-hydrogen) atoms. The number of anilines is 1. The molecule has 162 valence electrons. The van der Waals surface area contributed by atoms with E-state index in [2.05, 4.69) is 10.6 Å². The SMILES string of the molecule is COc1ccc(Cl)cc1NC(=O)CN(C)C(C)C(=O)NC(C)c1ccc(Cl)cc1Cl. The summed E-state index contributed by atoms with van der Waals surface area (Å²) in [6.45, 7) is 3.55. The highest BCUT2D eigenvalue weighted by molar-refractivity contribution is 6.35. The van der Waals surface area contributed by atoms with Crippen LogP contribution in [-0.2, 0) is 9.59 Å². The fourth-order valence-corrected chi connectivity index (χ4v) is 3.54. The van der Waals surface area contributed by atoms with Gasteiger partial charge in [0.15, 0.2) is 0 Å². The van der Waals surface area contributed by atoms with Gasteiger partial charge in [-0.15, -0.1) is 0 Å². The van der Waals surface area contributed by atoms with E-state index in [-0.39, 0.29) is 24.4 Å². The minimum atomic E-state index is -0.550. The molecule has 0 aliphatic heterocycles. The Labute approximate surface area is 191 Å². The molecule has 0 heterocycles. The van der Waals surface area contributed by atoms with Gasteiger partial charge in [-0.2, -0.15) is 0 Å². The monoisotopic (exact) mass is 471 g/mol. The summed E-state index contributed by atoms with van der Waals surface area (Å²) in [6, 6.07) is 9.19. The number of methoxy groups -OCH3 is 1. The van der Waals surface area contributed by atoms with Crippen molar-refractivity contribution < 1.29 is 14.3 Å². The van der Waals surface area contributed by atoms with E-state index in [4.69, 9.17) is 39.5 Å². The van der Waals surface area contributed by atoms with E-state index in [0.29, 0.717) is 26.5 Å². The molecule has 2 amide bonds. The molecule has 0 aliphatic carbocycles. The van der Waals surface area contributed by atoms with Gasteiger partial charge in [-0.1, -0.05) is 40.9 Å². The summed E-state index contributed by atoms with van der Waals surface area (Å²) in [5.74, 6) is -0.0365. The van der Waals surface area contributed by atoms with Gasteiger partial charge in [0.25, 0.3) is 0 Å². The second-order valence-electron chi connectivity index (χ2n) is 6.88. The predicted molar refractivity (Wildman–Crippen MR) is 122 cm³/mol. The maximum Gasteiger partial charge on any atom is 0.238 e. The van der Waals surface area contributed by atoms with Crippen LogP contribution in [0.4, 0.5) is 5.69 Å². The third kappa shape index (κ3) is 6.51. The molecule has 0 saturated carbocycles. The number of hydrogen-bond acceptors (Lipinski definition) is 4. The normalized spacial score (nSPS) is 12.9. The lowest BCUT2D eigenvalue weighted by Crippen LogP contribution is -2.46. The Morgan fingerprint density at radius 1 is 1.07 bits per heavy atom. The van der Waals surface area contributed by atoms with Crippen molar-refractivity contribution in [2.24, 2.45) is 0 Å². The Morgan fingerprint density at radius 2 is 1.70 bits per heavy atom. The zero-order chi connectivity index (χ0) is 22.4. The zero-order valence-corrected chi connectivity index (χ0v) is 19.4. The van der Waals surface area contributed by atoms with Crippen molar-refractivity contribution in [1.29, 1.82) is 0 Å². The van der Waals surface area contributed by atoms with E-state index in [9.17, 15) is 9.59 Å². The van der Waals surface area contributed by atoms with E-state index in [1.165, 1.54) is 7.11 Å². The van der Waals surface area contributed by atoms with Crippen LogP contribution in [0.15, 0.2) is 36.4 Å². The Hall–Kier alpha value is -1.99. The van der Waals surface area contributed by atoms with Crippen molar-refractivity contribution in [3.63, 3.8) is 0 Å². The van der Waals surface area contributed by atoms with Gasteiger partial charge in [-0.05, 0) is 56.8 Å². The number of carbonyl (C=O) groups is 2. The van der Waals surface area contributed by atoms with Gasteiger partial charge >= 0.3 is 0 Å². The van der Waals surface area contributed by atoms with Crippen molar-refractivity contribution in [3.8, 4) is 5.75 Å². The van der Waals surface area contributed by atoms with Crippen molar-refractivity contribution in [3.05, 3.63) is 57.0 Å². The maximum absolute atomic E-state index is 12.6. The minimum absolute atomic E-state index is 0.000334. The number of amides is 2. The van der Waals surface area contributed by atoms with Crippen LogP contribution in [0, 0.1) is 0 Å². The minimum Gasteiger partial charge on any atom is -0.495 e. The molecule has 0 fully saturated rings. The molecular weight excluding hydrogens is 449 g/mol. The third-order valence-electron chi connectivity index (χ3n) is 4.66. The number of benzene rings is 2. The summed E-state index contributed by atoms with van der Waals surface area (Å²) in [4.78, 5) is 26.7. The van der Waals surface area contributed by atoms with Gasteiger partial charge in [-0.3, -0.25) is 14.5 Å². The average molecular weight is 473 g/mol. The van der Waals surface area contributed by atoms with Crippen LogP contribution in [0.25, 0.3) is 0 Å². The first kappa shape index (κ1) is 24.3. The Morgan fingerprint density at radius 3 is 2.33 bits per heavy atom. The highest BCUT2D eigenvalue weighted by Gasteiger charge is 2.23. The molecule has 0 spiro atoms. The molecule has 0 aliphatic rings. The van der Waals surface area contributed by atoms with Crippen LogP contribution in [0.2, 0.25) is 15.1 Å². The van der Waals surface area contributed by atoms with Gasteiger partial charge in [-0.25, -0.2) is 0 Å². The topological polar surface area (TPSA) is 70.7 Å². The Kier molecular flexibility index (Phi) is 8.79. The van der Waals surface area contributed by atoms with Crippen LogP contribution in [0.1, 0.15) is 25.5 Å². The average Bonchev–Trinajstić information content (AvgIpc) is 2.67. The highest BCUT2D eigenvalue weighted by atomic mass is 35.5. The molecule has 9 heteroatoms. The fourth-order valence-electron chi connectivity index (χ4n) is 2.80. The molecule has 0 saturated heterocycles. The summed E-state index contributed by atoms with van der Waals surface area (Å²) in [5.41, 5.74) is 1.22. The maximum atomic E-state index is 12.6. The third-order valence-corrected chi connectivity index (χ3v) is 5.45. The second-order valence-corrected chi connectivity index (χ2v) is 8.16. The summed E-state index contributed by atoms with van der Waals surface area (Å²) in [6.07, 6.45) is 0. The summed E-state index contributed by atoms with van der Waals surface area (Å²) >= 11 is 18.1. The van der Waals surface area contributed by atoms with E-state index in [1.807, 2.05) is 6.92 Å². The summed E-state index contributed by atoms with van der Waals surface area (Å²) in [5, 5.41) is 7.14. The highest BCUT2D eigenvalue weighted by Crippen LogP contribution is 2.28. The van der Waals surface area contributed by atoms with Crippen molar-refractivity contribution in [1.82, 2.24) is 10.2 Å². The fraction of sp³-hybridized carbons (Fsp3) is 0.333. The second kappa shape index (κ2) is 10.9. The van der Waals surface area contributed by atoms with Gasteiger partial charge in [0.1, 0.15) is 5.75 Å². The van der Waals surface area contributed by atoms with Gasteiger partial charge in [0.05, 0.1) is 31.4 Å². The van der Waals surface area contributed by atoms with Crippen molar-refractivity contribution in [2.75, 3.05) is 26.0 Å². The summed E-state index contributed by atoms with van der Waals surface area (Å²) in [7, 11) is 3.20. The Balaban J connectivity index is 1.96. The lowest BCUT2D eigenvalue weighted by molar-refractivity contribution is -0.127. The standard InChI is InChI=1S/C21H24Cl3N3O3/c1-12(16-7-5-14(22)9-17(16)24)25-21(29)13(2)27(3)11-20(28)26-18-10-15(23)6-8-19(18)30-4/h5-10,12-13H,11H2,1-4H3,(H,25,29)(H,26,28). The van der Waals surface area contributed by atoms with Crippen LogP contribution in [0.5, 0.6) is 5.75 Å². The number of carbonyl (C=O) groups excluding carboxylic acids is 2. The lowest BCUT2D eigenvalue weighted by atomic mass is 10.1. The number of nitrogens with one attached hydrogen (secondary N) is 2. The first-order valence-electron chi connectivity index (χ1n) is 9.21. The van der Waals surface area contributed by atoms with E-state index < -0.39 is 6.04 Å². The molecule has 6 nitrogen and oxygen atoms in total. The van der Waals surface area contributed by atoms with Crippen molar-refractivity contribution >= 4 is 52.3 Å².